The summed E-state index contributed by atoms with van der Waals surface area (Å²) >= 11 is 0. The van der Waals surface area contributed by atoms with Gasteiger partial charge in [-0.2, -0.15) is 0 Å². The van der Waals surface area contributed by atoms with Gasteiger partial charge in [-0.05, 0) is 42.3 Å². The fourth-order valence-corrected chi connectivity index (χ4v) is 3.48. The first kappa shape index (κ1) is 17.2. The van der Waals surface area contributed by atoms with Crippen LogP contribution in [0.1, 0.15) is 27.9 Å². The Morgan fingerprint density at radius 1 is 1.22 bits per heavy atom. The van der Waals surface area contributed by atoms with Crippen LogP contribution >= 0.6 is 0 Å². The van der Waals surface area contributed by atoms with Gasteiger partial charge < -0.3 is 15.5 Å². The number of nitrogens with one attached hydrogen (secondary N) is 2. The number of halogens is 1. The fourth-order valence-electron chi connectivity index (χ4n) is 3.48. The lowest BCUT2D eigenvalue weighted by Crippen LogP contribution is -2.28. The number of aryl methyl sites for hydroxylation is 1. The smallest absolute Gasteiger partial charge is 0.251 e. The maximum atomic E-state index is 14.2. The molecule has 138 valence electrons. The zero-order valence-electron chi connectivity index (χ0n) is 14.7. The number of carbonyl (C=O) groups is 3. The summed E-state index contributed by atoms with van der Waals surface area (Å²) in [6.45, 7) is 2.37. The van der Waals surface area contributed by atoms with Crippen molar-refractivity contribution in [2.75, 3.05) is 16.8 Å². The Hall–Kier alpha value is -3.22. The maximum Gasteiger partial charge on any atom is 0.251 e. The Morgan fingerprint density at radius 2 is 2.04 bits per heavy atom. The molecular weight excluding hydrogens is 349 g/mol. The Morgan fingerprint density at radius 3 is 2.81 bits per heavy atom. The molecule has 0 saturated carbocycles. The first-order valence-corrected chi connectivity index (χ1v) is 8.71. The summed E-state index contributed by atoms with van der Waals surface area (Å²) in [6.07, 6.45) is 0.0184. The van der Waals surface area contributed by atoms with E-state index in [0.717, 1.165) is 11.1 Å². The molecule has 2 aromatic carbocycles. The minimum atomic E-state index is -0.583. The lowest BCUT2D eigenvalue weighted by atomic mass is 10.1. The zero-order chi connectivity index (χ0) is 19.1. The van der Waals surface area contributed by atoms with Gasteiger partial charge in [-0.15, -0.1) is 0 Å². The summed E-state index contributed by atoms with van der Waals surface area (Å²) in [5, 5.41) is 5.48. The number of hydrogen-bond acceptors (Lipinski definition) is 3. The van der Waals surface area contributed by atoms with E-state index in [-0.39, 0.29) is 36.4 Å². The van der Waals surface area contributed by atoms with Crippen LogP contribution in [0.5, 0.6) is 0 Å². The lowest BCUT2D eigenvalue weighted by Gasteiger charge is -2.18. The molecule has 2 aliphatic heterocycles. The minimum Gasteiger partial charge on any atom is -0.348 e. The summed E-state index contributed by atoms with van der Waals surface area (Å²) < 4.78 is 14.2. The van der Waals surface area contributed by atoms with Crippen molar-refractivity contribution >= 4 is 29.1 Å². The first-order valence-electron chi connectivity index (χ1n) is 8.71. The average molecular weight is 367 g/mol. The molecule has 2 heterocycles. The zero-order valence-corrected chi connectivity index (χ0v) is 14.7. The highest BCUT2D eigenvalue weighted by Gasteiger charge is 2.36. The van der Waals surface area contributed by atoms with Gasteiger partial charge in [0.2, 0.25) is 11.8 Å². The predicted octanol–water partition coefficient (Wildman–Crippen LogP) is 2.37. The number of rotatable bonds is 3. The second-order valence-electron chi connectivity index (χ2n) is 6.90. The maximum absolute atomic E-state index is 14.2. The molecule has 1 atom stereocenters. The molecule has 0 aliphatic carbocycles. The van der Waals surface area contributed by atoms with Gasteiger partial charge in [-0.1, -0.05) is 12.1 Å². The highest BCUT2D eigenvalue weighted by atomic mass is 19.1. The van der Waals surface area contributed by atoms with E-state index in [4.69, 9.17) is 0 Å². The van der Waals surface area contributed by atoms with Gasteiger partial charge in [0, 0.05) is 30.8 Å². The van der Waals surface area contributed by atoms with Crippen molar-refractivity contribution < 1.29 is 18.8 Å². The molecule has 6 nitrogen and oxygen atoms in total. The van der Waals surface area contributed by atoms with Gasteiger partial charge in [0.1, 0.15) is 5.82 Å². The van der Waals surface area contributed by atoms with Crippen LogP contribution in [-0.4, -0.2) is 24.3 Å². The predicted molar refractivity (Wildman–Crippen MR) is 97.8 cm³/mol. The first-order chi connectivity index (χ1) is 12.9. The van der Waals surface area contributed by atoms with E-state index in [0.29, 0.717) is 17.8 Å². The normalized spacial score (nSPS) is 18.4. The van der Waals surface area contributed by atoms with E-state index in [1.807, 2.05) is 0 Å². The molecule has 0 radical (unpaired) electrons. The van der Waals surface area contributed by atoms with Gasteiger partial charge in [0.25, 0.3) is 5.91 Å². The van der Waals surface area contributed by atoms with Crippen LogP contribution in [-0.2, 0) is 16.1 Å². The summed E-state index contributed by atoms with van der Waals surface area (Å²) in [6, 6.07) is 9.80. The van der Waals surface area contributed by atoms with Crippen molar-refractivity contribution in [1.82, 2.24) is 5.32 Å². The molecule has 1 saturated heterocycles. The van der Waals surface area contributed by atoms with Gasteiger partial charge in [0.05, 0.1) is 11.6 Å². The molecule has 0 aromatic heterocycles. The summed E-state index contributed by atoms with van der Waals surface area (Å²) in [5.41, 5.74) is 2.88. The molecular formula is C20H18FN3O3. The molecule has 0 bridgehead atoms. The SMILES string of the molecule is Cc1ccc(N2CC(C(=O)Nc3ccc4c(c3)C(=O)NC4)CC2=O)c(F)c1. The second kappa shape index (κ2) is 6.50. The quantitative estimate of drug-likeness (QED) is 0.874. The Balaban J connectivity index is 1.48. The summed E-state index contributed by atoms with van der Waals surface area (Å²) in [5.74, 6) is -1.84. The van der Waals surface area contributed by atoms with E-state index >= 15 is 0 Å². The van der Waals surface area contributed by atoms with Crippen LogP contribution in [0, 0.1) is 18.7 Å². The van der Waals surface area contributed by atoms with E-state index in [9.17, 15) is 18.8 Å². The van der Waals surface area contributed by atoms with Crippen LogP contribution < -0.4 is 15.5 Å². The molecule has 3 amide bonds. The van der Waals surface area contributed by atoms with Crippen LogP contribution in [0.25, 0.3) is 0 Å². The second-order valence-corrected chi connectivity index (χ2v) is 6.90. The van der Waals surface area contributed by atoms with Crippen molar-refractivity contribution in [2.24, 2.45) is 5.92 Å². The standard InChI is InChI=1S/C20H18FN3O3/c1-11-2-5-17(16(21)6-11)24-10-13(7-18(24)25)19(26)23-14-4-3-12-9-22-20(27)15(12)8-14/h2-6,8,13H,7,9-10H2,1H3,(H,22,27)(H,23,26). The highest BCUT2D eigenvalue weighted by molar-refractivity contribution is 6.04. The molecule has 2 aliphatic rings. The van der Waals surface area contributed by atoms with Crippen molar-refractivity contribution in [2.45, 2.75) is 19.9 Å². The van der Waals surface area contributed by atoms with E-state index in [1.54, 1.807) is 37.3 Å². The minimum absolute atomic E-state index is 0.0184. The molecule has 27 heavy (non-hydrogen) atoms. The van der Waals surface area contributed by atoms with Gasteiger partial charge >= 0.3 is 0 Å². The fraction of sp³-hybridized carbons (Fsp3) is 0.250. The number of carbonyl (C=O) groups excluding carboxylic acids is 3. The average Bonchev–Trinajstić information content (AvgIpc) is 3.19. The summed E-state index contributed by atoms with van der Waals surface area (Å²) in [4.78, 5) is 37.9. The molecule has 1 unspecified atom stereocenters. The molecule has 0 spiro atoms. The lowest BCUT2D eigenvalue weighted by molar-refractivity contribution is -0.122. The van der Waals surface area contributed by atoms with Crippen molar-refractivity contribution in [3.05, 3.63) is 58.9 Å². The molecule has 1 fully saturated rings. The molecule has 4 rings (SSSR count). The number of fused-ring (bicyclic) bond motifs is 1. The van der Waals surface area contributed by atoms with E-state index in [2.05, 4.69) is 10.6 Å². The van der Waals surface area contributed by atoms with Crippen LogP contribution in [0.15, 0.2) is 36.4 Å². The molecule has 2 N–H and O–H groups in total. The van der Waals surface area contributed by atoms with E-state index in [1.165, 1.54) is 11.0 Å². The topological polar surface area (TPSA) is 78.5 Å². The van der Waals surface area contributed by atoms with Crippen molar-refractivity contribution in [3.63, 3.8) is 0 Å². The third-order valence-electron chi connectivity index (χ3n) is 4.95. The largest absolute Gasteiger partial charge is 0.348 e. The highest BCUT2D eigenvalue weighted by Crippen LogP contribution is 2.29. The van der Waals surface area contributed by atoms with Gasteiger partial charge in [-0.3, -0.25) is 14.4 Å². The number of nitrogens with zero attached hydrogens (tertiary/aromatic N) is 1. The van der Waals surface area contributed by atoms with Crippen LogP contribution in [0.4, 0.5) is 15.8 Å². The molecule has 7 heteroatoms. The number of benzene rings is 2. The third-order valence-corrected chi connectivity index (χ3v) is 4.95. The monoisotopic (exact) mass is 367 g/mol. The van der Waals surface area contributed by atoms with Gasteiger partial charge in [0.15, 0.2) is 0 Å². The van der Waals surface area contributed by atoms with Crippen molar-refractivity contribution in [1.29, 1.82) is 0 Å². The van der Waals surface area contributed by atoms with Crippen LogP contribution in [0.3, 0.4) is 0 Å². The number of amides is 3. The van der Waals surface area contributed by atoms with Crippen molar-refractivity contribution in [3.8, 4) is 0 Å². The Bertz CT molecular complexity index is 973. The summed E-state index contributed by atoms with van der Waals surface area (Å²) in [7, 11) is 0. The third kappa shape index (κ3) is 3.16. The van der Waals surface area contributed by atoms with Crippen LogP contribution in [0.2, 0.25) is 0 Å². The Kier molecular flexibility index (Phi) is 4.14. The van der Waals surface area contributed by atoms with E-state index < -0.39 is 11.7 Å². The number of anilines is 2. The Labute approximate surface area is 155 Å². The number of hydrogen-bond donors (Lipinski definition) is 2. The molecule has 2 aromatic rings. The van der Waals surface area contributed by atoms with Gasteiger partial charge in [-0.25, -0.2) is 4.39 Å².